The number of ketones is 1. The standard InChI is InChI=1S/C21H21N3O2.C21H19N3O2/c2*1-13-22-18-12-14(21-23-17-4-2-3-5-20(17)26-21)6-11-19(18)24(13)15-7-9-16(25)10-8-15/h2-6,11-12,15-16,25H,7-10H2,1H3;2-6,11-12,15H,7-10H2,1H3. The summed E-state index contributed by atoms with van der Waals surface area (Å²) >= 11 is 0. The zero-order chi connectivity index (χ0) is 35.3. The summed E-state index contributed by atoms with van der Waals surface area (Å²) < 4.78 is 16.4. The number of rotatable bonds is 4. The molecule has 0 amide bonds. The molecule has 4 heterocycles. The van der Waals surface area contributed by atoms with Crippen molar-refractivity contribution in [2.24, 2.45) is 0 Å². The Hall–Kier alpha value is -5.61. The van der Waals surface area contributed by atoms with Gasteiger partial charge in [-0.25, -0.2) is 19.9 Å². The molecule has 0 unspecified atom stereocenters. The Morgan fingerprint density at radius 2 is 1.04 bits per heavy atom. The summed E-state index contributed by atoms with van der Waals surface area (Å²) in [7, 11) is 0. The van der Waals surface area contributed by atoms with Gasteiger partial charge in [0, 0.05) is 36.1 Å². The Balaban J connectivity index is 0.000000138. The fourth-order valence-electron chi connectivity index (χ4n) is 8.12. The van der Waals surface area contributed by atoms with Crippen LogP contribution in [-0.4, -0.2) is 46.1 Å². The number of aliphatic hydroxyl groups is 1. The SMILES string of the molecule is Cc1nc2cc(-c3nc4ccccc4o3)ccc2n1C1CCC(=O)CC1.Cc1nc2cc(-c3nc4ccccc4o3)ccc2n1C1CCC(O)CC1. The molecule has 0 aliphatic heterocycles. The number of carbonyl (C=O) groups excluding carboxylic acids is 1. The van der Waals surface area contributed by atoms with Crippen molar-refractivity contribution in [3.05, 3.63) is 96.6 Å². The van der Waals surface area contributed by atoms with E-state index >= 15 is 0 Å². The number of oxazole rings is 2. The van der Waals surface area contributed by atoms with E-state index in [1.165, 1.54) is 0 Å². The monoisotopic (exact) mass is 692 g/mol. The van der Waals surface area contributed by atoms with Crippen LogP contribution >= 0.6 is 0 Å². The van der Waals surface area contributed by atoms with E-state index < -0.39 is 0 Å². The van der Waals surface area contributed by atoms with E-state index in [2.05, 4.69) is 50.3 Å². The van der Waals surface area contributed by atoms with Gasteiger partial charge in [0.15, 0.2) is 11.2 Å². The minimum atomic E-state index is -0.146. The molecular weight excluding hydrogens is 652 g/mol. The molecule has 0 spiro atoms. The summed E-state index contributed by atoms with van der Waals surface area (Å²) in [6, 6.07) is 28.7. The van der Waals surface area contributed by atoms with Crippen LogP contribution in [0.5, 0.6) is 0 Å². The second kappa shape index (κ2) is 13.2. The van der Waals surface area contributed by atoms with Crippen LogP contribution < -0.4 is 0 Å². The molecular formula is C42H40N6O4. The molecule has 0 radical (unpaired) electrons. The Morgan fingerprint density at radius 1 is 0.577 bits per heavy atom. The fraction of sp³-hybridized carbons (Fsp3) is 0.310. The van der Waals surface area contributed by atoms with Crippen LogP contribution in [0.15, 0.2) is 93.8 Å². The van der Waals surface area contributed by atoms with E-state index in [-0.39, 0.29) is 6.10 Å². The summed E-state index contributed by atoms with van der Waals surface area (Å²) in [5.74, 6) is 3.64. The molecule has 2 aliphatic rings. The number of nitrogens with zero attached hydrogens (tertiary/aromatic N) is 6. The molecule has 2 fully saturated rings. The third-order valence-electron chi connectivity index (χ3n) is 10.7. The van der Waals surface area contributed by atoms with Gasteiger partial charge in [-0.1, -0.05) is 24.3 Å². The van der Waals surface area contributed by atoms with E-state index in [9.17, 15) is 9.90 Å². The van der Waals surface area contributed by atoms with Crippen LogP contribution in [0.1, 0.15) is 75.1 Å². The summed E-state index contributed by atoms with van der Waals surface area (Å²) in [5.41, 5.74) is 9.34. The van der Waals surface area contributed by atoms with Gasteiger partial charge in [-0.15, -0.1) is 0 Å². The third kappa shape index (κ3) is 5.96. The Kier molecular flexibility index (Phi) is 8.19. The molecule has 4 aromatic carbocycles. The van der Waals surface area contributed by atoms with Gasteiger partial charge in [0.2, 0.25) is 11.8 Å². The average Bonchev–Trinajstić information content (AvgIpc) is 3.94. The first-order valence-corrected chi connectivity index (χ1v) is 18.3. The van der Waals surface area contributed by atoms with Gasteiger partial charge in [-0.05, 0) is 113 Å². The van der Waals surface area contributed by atoms with Gasteiger partial charge in [0.25, 0.3) is 0 Å². The first kappa shape index (κ1) is 32.3. The van der Waals surface area contributed by atoms with Crippen LogP contribution in [0.3, 0.4) is 0 Å². The maximum absolute atomic E-state index is 11.6. The van der Waals surface area contributed by atoms with E-state index in [1.54, 1.807) is 0 Å². The molecule has 0 atom stereocenters. The molecule has 4 aromatic heterocycles. The Labute approximate surface area is 300 Å². The number of Topliss-reactive ketones (excluding diaryl/α,β-unsaturated/α-hetero) is 1. The average molecular weight is 693 g/mol. The zero-order valence-electron chi connectivity index (χ0n) is 29.3. The lowest BCUT2D eigenvalue weighted by molar-refractivity contribution is -0.120. The summed E-state index contributed by atoms with van der Waals surface area (Å²) in [4.78, 5) is 30.3. The van der Waals surface area contributed by atoms with Crippen molar-refractivity contribution >= 4 is 50.0 Å². The van der Waals surface area contributed by atoms with Crippen LogP contribution in [0, 0.1) is 13.8 Å². The highest BCUT2D eigenvalue weighted by Gasteiger charge is 2.25. The fourth-order valence-corrected chi connectivity index (χ4v) is 8.12. The van der Waals surface area contributed by atoms with Gasteiger partial charge in [0.1, 0.15) is 28.5 Å². The number of hydrogen-bond donors (Lipinski definition) is 1. The third-order valence-corrected chi connectivity index (χ3v) is 10.7. The van der Waals surface area contributed by atoms with Gasteiger partial charge in [-0.3, -0.25) is 4.79 Å². The molecule has 0 bridgehead atoms. The molecule has 0 saturated heterocycles. The van der Waals surface area contributed by atoms with Crippen molar-refractivity contribution in [3.8, 4) is 22.9 Å². The van der Waals surface area contributed by atoms with Crippen LogP contribution in [0.25, 0.3) is 67.2 Å². The van der Waals surface area contributed by atoms with Gasteiger partial charge in [0.05, 0.1) is 28.2 Å². The molecule has 52 heavy (non-hydrogen) atoms. The van der Waals surface area contributed by atoms with Crippen molar-refractivity contribution in [2.75, 3.05) is 0 Å². The number of fused-ring (bicyclic) bond motifs is 4. The Morgan fingerprint density at radius 3 is 1.52 bits per heavy atom. The second-order valence-electron chi connectivity index (χ2n) is 14.2. The van der Waals surface area contributed by atoms with E-state index in [0.717, 1.165) is 106 Å². The number of carbonyl (C=O) groups is 1. The van der Waals surface area contributed by atoms with E-state index in [4.69, 9.17) is 18.8 Å². The number of aromatic nitrogens is 6. The first-order chi connectivity index (χ1) is 25.4. The lowest BCUT2D eigenvalue weighted by Crippen LogP contribution is -2.21. The van der Waals surface area contributed by atoms with Crippen molar-refractivity contribution in [2.45, 2.75) is 83.4 Å². The molecule has 2 saturated carbocycles. The number of aryl methyl sites for hydroxylation is 2. The molecule has 10 nitrogen and oxygen atoms in total. The molecule has 1 N–H and O–H groups in total. The predicted octanol–water partition coefficient (Wildman–Crippen LogP) is 9.47. The second-order valence-corrected chi connectivity index (χ2v) is 14.2. The molecule has 2 aliphatic carbocycles. The van der Waals surface area contributed by atoms with Gasteiger partial charge < -0.3 is 23.1 Å². The highest BCUT2D eigenvalue weighted by atomic mass is 16.4. The lowest BCUT2D eigenvalue weighted by atomic mass is 9.92. The van der Waals surface area contributed by atoms with Crippen molar-refractivity contribution in [1.29, 1.82) is 0 Å². The van der Waals surface area contributed by atoms with Crippen LogP contribution in [0.2, 0.25) is 0 Å². The number of imidazole rings is 2. The summed E-state index contributed by atoms with van der Waals surface area (Å²) in [5, 5.41) is 9.79. The molecule has 262 valence electrons. The maximum atomic E-state index is 11.6. The van der Waals surface area contributed by atoms with Gasteiger partial charge in [-0.2, -0.15) is 0 Å². The zero-order valence-corrected chi connectivity index (χ0v) is 29.3. The maximum Gasteiger partial charge on any atom is 0.227 e. The molecule has 10 heteroatoms. The Bertz CT molecular complexity index is 2510. The number of benzene rings is 4. The minimum absolute atomic E-state index is 0.146. The highest BCUT2D eigenvalue weighted by Crippen LogP contribution is 2.35. The predicted molar refractivity (Wildman–Crippen MR) is 201 cm³/mol. The normalized spacial score (nSPS) is 18.4. The van der Waals surface area contributed by atoms with Crippen molar-refractivity contribution in [1.82, 2.24) is 29.1 Å². The van der Waals surface area contributed by atoms with Crippen molar-refractivity contribution in [3.63, 3.8) is 0 Å². The summed E-state index contributed by atoms with van der Waals surface area (Å²) in [6.45, 7) is 4.10. The largest absolute Gasteiger partial charge is 0.436 e. The smallest absolute Gasteiger partial charge is 0.227 e. The van der Waals surface area contributed by atoms with E-state index in [1.807, 2.05) is 67.6 Å². The molecule has 10 rings (SSSR count). The summed E-state index contributed by atoms with van der Waals surface area (Å²) in [6.07, 6.45) is 6.73. The van der Waals surface area contributed by atoms with Crippen molar-refractivity contribution < 1.29 is 18.7 Å². The topological polar surface area (TPSA) is 125 Å². The number of aliphatic hydroxyl groups excluding tert-OH is 1. The number of para-hydroxylation sites is 4. The van der Waals surface area contributed by atoms with Gasteiger partial charge >= 0.3 is 0 Å². The van der Waals surface area contributed by atoms with E-state index in [0.29, 0.717) is 42.5 Å². The van der Waals surface area contributed by atoms with Crippen LogP contribution in [-0.2, 0) is 4.79 Å². The quantitative estimate of drug-likeness (QED) is 0.193. The van der Waals surface area contributed by atoms with Crippen LogP contribution in [0.4, 0.5) is 0 Å². The lowest BCUT2D eigenvalue weighted by Gasteiger charge is -2.27. The molecule has 8 aromatic rings. The minimum Gasteiger partial charge on any atom is -0.436 e. The highest BCUT2D eigenvalue weighted by molar-refractivity contribution is 5.85. The first-order valence-electron chi connectivity index (χ1n) is 18.3. The number of hydrogen-bond acceptors (Lipinski definition) is 8.